The standard InChI is InChI=1S/C25H28N2O3S/c1-16-6-11-22(12-7-16)31(29,30)27-24-15-21(10-9-18(24)3)25(28)26-20(5)23-13-8-17(2)14-19(23)4/h6-15,20,27H,1-5H3,(H,26,28)/t20-/m0/s1. The van der Waals surface area contributed by atoms with Crippen LogP contribution in [0.3, 0.4) is 0 Å². The molecule has 3 aromatic carbocycles. The average Bonchev–Trinajstić information content (AvgIpc) is 2.69. The molecule has 2 N–H and O–H groups in total. The first-order valence-electron chi connectivity index (χ1n) is 10.1. The van der Waals surface area contributed by atoms with Crippen molar-refractivity contribution in [3.05, 3.63) is 94.0 Å². The first-order chi connectivity index (χ1) is 14.6. The number of amides is 1. The second kappa shape index (κ2) is 8.94. The molecule has 6 heteroatoms. The Kier molecular flexibility index (Phi) is 6.51. The molecule has 0 radical (unpaired) electrons. The summed E-state index contributed by atoms with van der Waals surface area (Å²) in [5.74, 6) is -0.261. The molecule has 0 saturated carbocycles. The number of hydrogen-bond acceptors (Lipinski definition) is 3. The van der Waals surface area contributed by atoms with Crippen molar-refractivity contribution in [2.24, 2.45) is 0 Å². The van der Waals surface area contributed by atoms with Gasteiger partial charge >= 0.3 is 0 Å². The molecule has 1 atom stereocenters. The summed E-state index contributed by atoms with van der Waals surface area (Å²) >= 11 is 0. The van der Waals surface area contributed by atoms with Crippen molar-refractivity contribution >= 4 is 21.6 Å². The lowest BCUT2D eigenvalue weighted by molar-refractivity contribution is 0.0940. The minimum Gasteiger partial charge on any atom is -0.346 e. The van der Waals surface area contributed by atoms with E-state index in [-0.39, 0.29) is 16.8 Å². The highest BCUT2D eigenvalue weighted by molar-refractivity contribution is 7.92. The van der Waals surface area contributed by atoms with E-state index in [9.17, 15) is 13.2 Å². The fraction of sp³-hybridized carbons (Fsp3) is 0.240. The van der Waals surface area contributed by atoms with E-state index in [0.29, 0.717) is 11.3 Å². The van der Waals surface area contributed by atoms with Gasteiger partial charge in [0.25, 0.3) is 15.9 Å². The van der Waals surface area contributed by atoms with Crippen molar-refractivity contribution in [1.29, 1.82) is 0 Å². The summed E-state index contributed by atoms with van der Waals surface area (Å²) in [6.07, 6.45) is 0. The van der Waals surface area contributed by atoms with Gasteiger partial charge in [0, 0.05) is 5.56 Å². The van der Waals surface area contributed by atoms with E-state index in [1.807, 2.05) is 39.8 Å². The number of benzene rings is 3. The number of sulfonamides is 1. The highest BCUT2D eigenvalue weighted by atomic mass is 32.2. The van der Waals surface area contributed by atoms with Crippen LogP contribution in [0, 0.1) is 27.7 Å². The molecule has 0 aliphatic heterocycles. The third-order valence-corrected chi connectivity index (χ3v) is 6.70. The molecule has 5 nitrogen and oxygen atoms in total. The molecule has 3 aromatic rings. The van der Waals surface area contributed by atoms with Gasteiger partial charge in [-0.05, 0) is 75.6 Å². The number of rotatable bonds is 6. The monoisotopic (exact) mass is 436 g/mol. The normalized spacial score (nSPS) is 12.3. The van der Waals surface area contributed by atoms with Gasteiger partial charge in [-0.3, -0.25) is 9.52 Å². The van der Waals surface area contributed by atoms with Gasteiger partial charge in [0.15, 0.2) is 0 Å². The van der Waals surface area contributed by atoms with Gasteiger partial charge in [-0.15, -0.1) is 0 Å². The first-order valence-corrected chi connectivity index (χ1v) is 11.6. The van der Waals surface area contributed by atoms with Crippen LogP contribution in [-0.4, -0.2) is 14.3 Å². The van der Waals surface area contributed by atoms with Crippen LogP contribution in [0.5, 0.6) is 0 Å². The van der Waals surface area contributed by atoms with Crippen LogP contribution in [0.15, 0.2) is 65.6 Å². The van der Waals surface area contributed by atoms with Gasteiger partial charge in [-0.25, -0.2) is 8.42 Å². The molecule has 0 fully saturated rings. The predicted molar refractivity (Wildman–Crippen MR) is 125 cm³/mol. The lowest BCUT2D eigenvalue weighted by atomic mass is 10.00. The molecule has 0 bridgehead atoms. The zero-order valence-electron chi connectivity index (χ0n) is 18.5. The van der Waals surface area contributed by atoms with Crippen molar-refractivity contribution in [2.75, 3.05) is 4.72 Å². The number of hydrogen-bond donors (Lipinski definition) is 2. The highest BCUT2D eigenvalue weighted by Gasteiger charge is 2.18. The smallest absolute Gasteiger partial charge is 0.261 e. The second-order valence-corrected chi connectivity index (χ2v) is 9.69. The van der Waals surface area contributed by atoms with Crippen LogP contribution in [-0.2, 0) is 10.0 Å². The topological polar surface area (TPSA) is 75.3 Å². The molecule has 0 unspecified atom stereocenters. The first kappa shape index (κ1) is 22.6. The lowest BCUT2D eigenvalue weighted by Gasteiger charge is -2.18. The van der Waals surface area contributed by atoms with Crippen LogP contribution in [0.2, 0.25) is 0 Å². The Morgan fingerprint density at radius 1 is 0.806 bits per heavy atom. The summed E-state index contributed by atoms with van der Waals surface area (Å²) in [5, 5.41) is 3.00. The average molecular weight is 437 g/mol. The minimum absolute atomic E-state index is 0.177. The number of aryl methyl sites for hydroxylation is 4. The van der Waals surface area contributed by atoms with Crippen LogP contribution >= 0.6 is 0 Å². The Morgan fingerprint density at radius 2 is 1.45 bits per heavy atom. The maximum atomic E-state index is 12.9. The van der Waals surface area contributed by atoms with Crippen LogP contribution in [0.25, 0.3) is 0 Å². The summed E-state index contributed by atoms with van der Waals surface area (Å²) < 4.78 is 28.1. The van der Waals surface area contributed by atoms with Crippen molar-refractivity contribution < 1.29 is 13.2 Å². The molecular weight excluding hydrogens is 408 g/mol. The third-order valence-electron chi connectivity index (χ3n) is 5.31. The predicted octanol–water partition coefficient (Wildman–Crippen LogP) is 5.21. The fourth-order valence-electron chi connectivity index (χ4n) is 3.46. The summed E-state index contributed by atoms with van der Waals surface area (Å²) in [4.78, 5) is 13.0. The highest BCUT2D eigenvalue weighted by Crippen LogP contribution is 2.23. The molecule has 0 aromatic heterocycles. The molecular formula is C25H28N2O3S. The Morgan fingerprint density at radius 3 is 2.10 bits per heavy atom. The maximum absolute atomic E-state index is 12.9. The van der Waals surface area contributed by atoms with Gasteiger partial charge in [0.2, 0.25) is 0 Å². The van der Waals surface area contributed by atoms with E-state index in [2.05, 4.69) is 16.1 Å². The minimum atomic E-state index is -3.75. The van der Waals surface area contributed by atoms with E-state index in [1.54, 1.807) is 49.4 Å². The third kappa shape index (κ3) is 5.33. The van der Waals surface area contributed by atoms with E-state index >= 15 is 0 Å². The van der Waals surface area contributed by atoms with Crippen LogP contribution < -0.4 is 10.0 Å². The summed E-state index contributed by atoms with van der Waals surface area (Å²) in [6, 6.07) is 17.6. The summed E-state index contributed by atoms with van der Waals surface area (Å²) in [6.45, 7) is 9.69. The Balaban J connectivity index is 1.81. The van der Waals surface area contributed by atoms with Crippen molar-refractivity contribution in [3.63, 3.8) is 0 Å². The Bertz CT molecular complexity index is 1220. The van der Waals surface area contributed by atoms with Gasteiger partial charge in [0.1, 0.15) is 0 Å². The summed E-state index contributed by atoms with van der Waals surface area (Å²) in [5.41, 5.74) is 5.82. The van der Waals surface area contributed by atoms with E-state index in [1.165, 1.54) is 5.56 Å². The Hall–Kier alpha value is -3.12. The molecule has 0 aliphatic carbocycles. The number of nitrogens with one attached hydrogen (secondary N) is 2. The van der Waals surface area contributed by atoms with Gasteiger partial charge < -0.3 is 5.32 Å². The largest absolute Gasteiger partial charge is 0.346 e. The molecule has 0 saturated heterocycles. The molecule has 0 spiro atoms. The van der Waals surface area contributed by atoms with E-state index < -0.39 is 10.0 Å². The maximum Gasteiger partial charge on any atom is 0.261 e. The van der Waals surface area contributed by atoms with Gasteiger partial charge in [0.05, 0.1) is 16.6 Å². The molecule has 3 rings (SSSR count). The molecule has 1 amide bonds. The van der Waals surface area contributed by atoms with Crippen molar-refractivity contribution in [1.82, 2.24) is 5.32 Å². The zero-order valence-corrected chi connectivity index (χ0v) is 19.3. The zero-order chi connectivity index (χ0) is 22.8. The van der Waals surface area contributed by atoms with Crippen LogP contribution in [0.1, 0.15) is 51.1 Å². The fourth-order valence-corrected chi connectivity index (χ4v) is 4.59. The molecule has 162 valence electrons. The SMILES string of the molecule is Cc1ccc(S(=O)(=O)Nc2cc(C(=O)N[C@@H](C)c3ccc(C)cc3C)ccc2C)cc1. The molecule has 0 heterocycles. The van der Waals surface area contributed by atoms with Crippen LogP contribution in [0.4, 0.5) is 5.69 Å². The van der Waals surface area contributed by atoms with E-state index in [0.717, 1.165) is 22.3 Å². The van der Waals surface area contributed by atoms with Gasteiger partial charge in [-0.1, -0.05) is 47.5 Å². The second-order valence-electron chi connectivity index (χ2n) is 8.00. The molecule has 31 heavy (non-hydrogen) atoms. The number of anilines is 1. The summed E-state index contributed by atoms with van der Waals surface area (Å²) in [7, 11) is -3.75. The van der Waals surface area contributed by atoms with Crippen molar-refractivity contribution in [2.45, 2.75) is 45.6 Å². The van der Waals surface area contributed by atoms with E-state index in [4.69, 9.17) is 0 Å². The molecule has 0 aliphatic rings. The lowest BCUT2D eigenvalue weighted by Crippen LogP contribution is -2.27. The van der Waals surface area contributed by atoms with Gasteiger partial charge in [-0.2, -0.15) is 0 Å². The number of carbonyl (C=O) groups excluding carboxylic acids is 1. The quantitative estimate of drug-likeness (QED) is 0.557. The number of carbonyl (C=O) groups is 1. The van der Waals surface area contributed by atoms with Crippen molar-refractivity contribution in [3.8, 4) is 0 Å². The Labute approximate surface area is 184 Å².